The largest absolute Gasteiger partial charge is 0.306 e. The molecule has 0 aliphatic rings. The number of hydrogen-bond acceptors (Lipinski definition) is 2. The topological polar surface area (TPSA) is 44.1 Å². The Hall–Kier alpha value is -3.38. The number of anilines is 1. The summed E-state index contributed by atoms with van der Waals surface area (Å²) >= 11 is 0. The first-order valence-electron chi connectivity index (χ1n) is 8.15. The summed E-state index contributed by atoms with van der Waals surface area (Å²) in [7, 11) is 0. The summed E-state index contributed by atoms with van der Waals surface area (Å²) < 4.78 is 0. The van der Waals surface area contributed by atoms with Gasteiger partial charge in [0.2, 0.25) is 5.91 Å². The Bertz CT molecular complexity index is 883. The van der Waals surface area contributed by atoms with Gasteiger partial charge in [0.15, 0.2) is 0 Å². The van der Waals surface area contributed by atoms with Crippen molar-refractivity contribution in [3.8, 4) is 6.07 Å². The fourth-order valence-corrected chi connectivity index (χ4v) is 2.74. The second kappa shape index (κ2) is 7.94. The quantitative estimate of drug-likeness (QED) is 0.700. The maximum absolute atomic E-state index is 13.0. The van der Waals surface area contributed by atoms with Crippen molar-refractivity contribution in [2.45, 2.75) is 13.0 Å². The van der Waals surface area contributed by atoms with E-state index in [1.165, 1.54) is 0 Å². The van der Waals surface area contributed by atoms with Gasteiger partial charge in [0.1, 0.15) is 6.07 Å². The molecule has 122 valence electrons. The van der Waals surface area contributed by atoms with Crippen LogP contribution >= 0.6 is 0 Å². The number of carbonyl (C=O) groups is 1. The lowest BCUT2D eigenvalue weighted by Crippen LogP contribution is -2.32. The molecule has 3 aromatic rings. The van der Waals surface area contributed by atoms with E-state index in [0.29, 0.717) is 24.2 Å². The Balaban J connectivity index is 1.94. The van der Waals surface area contributed by atoms with Crippen molar-refractivity contribution in [3.05, 3.63) is 102 Å². The van der Waals surface area contributed by atoms with Crippen LogP contribution in [-0.2, 0) is 17.8 Å². The van der Waals surface area contributed by atoms with Crippen molar-refractivity contribution in [3.63, 3.8) is 0 Å². The van der Waals surface area contributed by atoms with Crippen molar-refractivity contribution < 1.29 is 4.79 Å². The summed E-state index contributed by atoms with van der Waals surface area (Å²) in [4.78, 5) is 14.7. The van der Waals surface area contributed by atoms with Gasteiger partial charge in [-0.1, -0.05) is 72.8 Å². The number of hydrogen-bond donors (Lipinski definition) is 0. The highest BCUT2D eigenvalue weighted by molar-refractivity contribution is 5.95. The van der Waals surface area contributed by atoms with Gasteiger partial charge in [-0.3, -0.25) is 4.79 Å². The first kappa shape index (κ1) is 16.5. The minimum absolute atomic E-state index is 0.0299. The maximum Gasteiger partial charge on any atom is 0.231 e. The molecule has 0 aliphatic carbocycles. The smallest absolute Gasteiger partial charge is 0.231 e. The molecule has 0 saturated heterocycles. The zero-order valence-corrected chi connectivity index (χ0v) is 13.8. The Morgan fingerprint density at radius 2 is 1.36 bits per heavy atom. The van der Waals surface area contributed by atoms with E-state index in [2.05, 4.69) is 6.07 Å². The van der Waals surface area contributed by atoms with Crippen molar-refractivity contribution in [2.24, 2.45) is 0 Å². The van der Waals surface area contributed by atoms with Crippen LogP contribution in [0.3, 0.4) is 0 Å². The van der Waals surface area contributed by atoms with Crippen LogP contribution in [0.4, 0.5) is 5.69 Å². The van der Waals surface area contributed by atoms with Gasteiger partial charge in [0.25, 0.3) is 0 Å². The molecule has 0 unspecified atom stereocenters. The van der Waals surface area contributed by atoms with Gasteiger partial charge in [0, 0.05) is 0 Å². The number of rotatable bonds is 5. The molecule has 0 heterocycles. The molecular weight excluding hydrogens is 308 g/mol. The Labute approximate surface area is 147 Å². The van der Waals surface area contributed by atoms with Crippen LogP contribution in [0.25, 0.3) is 0 Å². The molecular formula is C22H18N2O. The van der Waals surface area contributed by atoms with Gasteiger partial charge < -0.3 is 4.90 Å². The fraction of sp³-hybridized carbons (Fsp3) is 0.0909. The third-order valence-corrected chi connectivity index (χ3v) is 4.00. The van der Waals surface area contributed by atoms with Gasteiger partial charge in [0.05, 0.1) is 24.2 Å². The SMILES string of the molecule is N#Cc1ccccc1N(Cc1ccccc1)C(=O)Cc1ccccc1. The predicted molar refractivity (Wildman–Crippen MR) is 98.9 cm³/mol. The molecule has 3 aromatic carbocycles. The first-order chi connectivity index (χ1) is 12.3. The summed E-state index contributed by atoms with van der Waals surface area (Å²) in [6.07, 6.45) is 0.299. The van der Waals surface area contributed by atoms with Crippen molar-refractivity contribution in [1.29, 1.82) is 5.26 Å². The summed E-state index contributed by atoms with van der Waals surface area (Å²) in [6.45, 7) is 0.436. The van der Waals surface area contributed by atoms with E-state index in [9.17, 15) is 10.1 Å². The highest BCUT2D eigenvalue weighted by Crippen LogP contribution is 2.23. The number of carbonyl (C=O) groups excluding carboxylic acids is 1. The standard InChI is InChI=1S/C22H18N2O/c23-16-20-13-7-8-14-21(20)24(17-19-11-5-2-6-12-19)22(25)15-18-9-3-1-4-10-18/h1-14H,15,17H2. The third kappa shape index (κ3) is 4.13. The van der Waals surface area contributed by atoms with Crippen molar-refractivity contribution in [1.82, 2.24) is 0 Å². The number of para-hydroxylation sites is 1. The number of benzene rings is 3. The number of nitrogens with zero attached hydrogens (tertiary/aromatic N) is 2. The van der Waals surface area contributed by atoms with Crippen LogP contribution in [0.15, 0.2) is 84.9 Å². The molecule has 0 N–H and O–H groups in total. The Morgan fingerprint density at radius 1 is 0.800 bits per heavy atom. The molecule has 0 radical (unpaired) electrons. The minimum Gasteiger partial charge on any atom is -0.306 e. The van der Waals surface area contributed by atoms with E-state index in [-0.39, 0.29) is 5.91 Å². The molecule has 0 atom stereocenters. The first-order valence-corrected chi connectivity index (χ1v) is 8.15. The van der Waals surface area contributed by atoms with Gasteiger partial charge in [-0.2, -0.15) is 5.26 Å². The lowest BCUT2D eigenvalue weighted by Gasteiger charge is -2.24. The predicted octanol–water partition coefficient (Wildman–Crippen LogP) is 4.33. The summed E-state index contributed by atoms with van der Waals surface area (Å²) in [5, 5.41) is 9.42. The van der Waals surface area contributed by atoms with E-state index in [4.69, 9.17) is 0 Å². The minimum atomic E-state index is -0.0299. The van der Waals surface area contributed by atoms with Gasteiger partial charge in [-0.25, -0.2) is 0 Å². The zero-order valence-electron chi connectivity index (χ0n) is 13.8. The van der Waals surface area contributed by atoms with Crippen LogP contribution in [0.1, 0.15) is 16.7 Å². The van der Waals surface area contributed by atoms with E-state index in [0.717, 1.165) is 11.1 Å². The lowest BCUT2D eigenvalue weighted by atomic mass is 10.1. The van der Waals surface area contributed by atoms with Crippen LogP contribution in [-0.4, -0.2) is 5.91 Å². The fourth-order valence-electron chi connectivity index (χ4n) is 2.74. The molecule has 0 aromatic heterocycles. The molecule has 3 heteroatoms. The molecule has 0 aliphatic heterocycles. The molecule has 0 saturated carbocycles. The highest BCUT2D eigenvalue weighted by atomic mass is 16.2. The zero-order chi connectivity index (χ0) is 17.5. The second-order valence-electron chi connectivity index (χ2n) is 5.76. The van der Waals surface area contributed by atoms with Gasteiger partial charge in [-0.05, 0) is 23.3 Å². The van der Waals surface area contributed by atoms with Gasteiger partial charge >= 0.3 is 0 Å². The average molecular weight is 326 g/mol. The van der Waals surface area contributed by atoms with Crippen LogP contribution < -0.4 is 4.90 Å². The van der Waals surface area contributed by atoms with E-state index < -0.39 is 0 Å². The van der Waals surface area contributed by atoms with Crippen molar-refractivity contribution in [2.75, 3.05) is 4.90 Å². The molecule has 3 nitrogen and oxygen atoms in total. The molecule has 25 heavy (non-hydrogen) atoms. The summed E-state index contributed by atoms with van der Waals surface area (Å²) in [5.74, 6) is -0.0299. The molecule has 0 fully saturated rings. The molecule has 1 amide bonds. The normalized spacial score (nSPS) is 10.0. The summed E-state index contributed by atoms with van der Waals surface area (Å²) in [6, 6.07) is 28.9. The van der Waals surface area contributed by atoms with Crippen molar-refractivity contribution >= 4 is 11.6 Å². The monoisotopic (exact) mass is 326 g/mol. The Morgan fingerprint density at radius 3 is 2.00 bits per heavy atom. The maximum atomic E-state index is 13.0. The van der Waals surface area contributed by atoms with Gasteiger partial charge in [-0.15, -0.1) is 0 Å². The highest BCUT2D eigenvalue weighted by Gasteiger charge is 2.19. The number of nitriles is 1. The average Bonchev–Trinajstić information content (AvgIpc) is 2.67. The van der Waals surface area contributed by atoms with Crippen LogP contribution in [0, 0.1) is 11.3 Å². The molecule has 0 spiro atoms. The van der Waals surface area contributed by atoms with Crippen LogP contribution in [0.2, 0.25) is 0 Å². The third-order valence-electron chi connectivity index (χ3n) is 4.00. The second-order valence-corrected chi connectivity index (χ2v) is 5.76. The van der Waals surface area contributed by atoms with Crippen LogP contribution in [0.5, 0.6) is 0 Å². The molecule has 3 rings (SSSR count). The molecule has 0 bridgehead atoms. The van der Waals surface area contributed by atoms with E-state index in [1.807, 2.05) is 78.9 Å². The van der Waals surface area contributed by atoms with E-state index >= 15 is 0 Å². The lowest BCUT2D eigenvalue weighted by molar-refractivity contribution is -0.118. The van der Waals surface area contributed by atoms with E-state index in [1.54, 1.807) is 11.0 Å². The summed E-state index contributed by atoms with van der Waals surface area (Å²) in [5.41, 5.74) is 3.13. The Kier molecular flexibility index (Phi) is 5.23. The number of amides is 1.